The maximum Gasteiger partial charge on any atom is 0.244 e. The third-order valence-electron chi connectivity index (χ3n) is 3.38. The first-order chi connectivity index (χ1) is 11.6. The highest BCUT2D eigenvalue weighted by Gasteiger charge is 2.23. The summed E-state index contributed by atoms with van der Waals surface area (Å²) in [5.74, 6) is -1.00. The van der Waals surface area contributed by atoms with Gasteiger partial charge < -0.3 is 15.5 Å². The first kappa shape index (κ1) is 21.3. The summed E-state index contributed by atoms with van der Waals surface area (Å²) < 4.78 is 0. The summed E-state index contributed by atoms with van der Waals surface area (Å²) in [6, 6.07) is 4.88. The van der Waals surface area contributed by atoms with E-state index in [-0.39, 0.29) is 24.9 Å². The molecule has 0 spiro atoms. The van der Waals surface area contributed by atoms with Crippen molar-refractivity contribution in [3.63, 3.8) is 0 Å². The smallest absolute Gasteiger partial charge is 0.244 e. The van der Waals surface area contributed by atoms with E-state index in [4.69, 9.17) is 23.2 Å². The van der Waals surface area contributed by atoms with Crippen molar-refractivity contribution in [2.75, 3.05) is 25.0 Å². The number of anilines is 1. The van der Waals surface area contributed by atoms with Gasteiger partial charge in [-0.2, -0.15) is 0 Å². The van der Waals surface area contributed by atoms with E-state index in [1.54, 1.807) is 45.9 Å². The molecule has 0 aliphatic heterocycles. The van der Waals surface area contributed by atoms with E-state index >= 15 is 0 Å². The van der Waals surface area contributed by atoms with Gasteiger partial charge in [0.25, 0.3) is 0 Å². The quantitative estimate of drug-likeness (QED) is 0.787. The fourth-order valence-electron chi connectivity index (χ4n) is 1.88. The molecule has 6 nitrogen and oxygen atoms in total. The number of carbonyl (C=O) groups excluding carboxylic acids is 3. The molecule has 2 N–H and O–H groups in total. The maximum absolute atomic E-state index is 12.2. The average molecular weight is 388 g/mol. The molecule has 0 fully saturated rings. The molecular formula is C17H23Cl2N3O3. The highest BCUT2D eigenvalue weighted by molar-refractivity contribution is 6.39. The van der Waals surface area contributed by atoms with Gasteiger partial charge in [0.1, 0.15) is 0 Å². The second-order valence-corrected chi connectivity index (χ2v) is 7.30. The lowest BCUT2D eigenvalue weighted by molar-refractivity contribution is -0.136. The predicted molar refractivity (Wildman–Crippen MR) is 99.8 cm³/mol. The van der Waals surface area contributed by atoms with Crippen LogP contribution in [0, 0.1) is 5.41 Å². The zero-order valence-electron chi connectivity index (χ0n) is 14.8. The first-order valence-electron chi connectivity index (χ1n) is 7.86. The molecule has 0 unspecified atom stereocenters. The summed E-state index contributed by atoms with van der Waals surface area (Å²) in [4.78, 5) is 37.5. The monoisotopic (exact) mass is 387 g/mol. The van der Waals surface area contributed by atoms with E-state index < -0.39 is 11.3 Å². The van der Waals surface area contributed by atoms with E-state index in [0.717, 1.165) is 0 Å². The Morgan fingerprint density at radius 2 is 1.68 bits per heavy atom. The van der Waals surface area contributed by atoms with E-state index in [0.29, 0.717) is 22.3 Å². The molecule has 1 aromatic rings. The van der Waals surface area contributed by atoms with Gasteiger partial charge in [-0.1, -0.05) is 50.0 Å². The van der Waals surface area contributed by atoms with E-state index in [9.17, 15) is 14.4 Å². The Bertz CT molecular complexity index is 637. The van der Waals surface area contributed by atoms with Gasteiger partial charge in [0, 0.05) is 12.0 Å². The second kappa shape index (κ2) is 9.06. The van der Waals surface area contributed by atoms with Crippen molar-refractivity contribution in [3.8, 4) is 0 Å². The number of rotatable bonds is 6. The van der Waals surface area contributed by atoms with Crippen molar-refractivity contribution in [1.82, 2.24) is 10.2 Å². The van der Waals surface area contributed by atoms with Crippen LogP contribution in [-0.2, 0) is 14.4 Å². The molecule has 0 atom stereocenters. The van der Waals surface area contributed by atoms with Crippen molar-refractivity contribution < 1.29 is 14.4 Å². The maximum atomic E-state index is 12.2. The summed E-state index contributed by atoms with van der Waals surface area (Å²) >= 11 is 12.0. The molecule has 0 saturated heterocycles. The standard InChI is InChI=1S/C17H23Cl2N3O3/c1-5-22(14(24)9-20-16(25)17(2,3)4)10-13(23)21-15-11(18)7-6-8-12(15)19/h6-8H,5,9-10H2,1-4H3,(H,20,25)(H,21,23). The van der Waals surface area contributed by atoms with Crippen LogP contribution in [0.4, 0.5) is 5.69 Å². The number of amides is 3. The lowest BCUT2D eigenvalue weighted by atomic mass is 9.96. The number of nitrogens with one attached hydrogen (secondary N) is 2. The van der Waals surface area contributed by atoms with Crippen LogP contribution in [-0.4, -0.2) is 42.3 Å². The highest BCUT2D eigenvalue weighted by atomic mass is 35.5. The predicted octanol–water partition coefficient (Wildman–Crippen LogP) is 2.94. The van der Waals surface area contributed by atoms with Crippen LogP contribution in [0.15, 0.2) is 18.2 Å². The molecule has 0 bridgehead atoms. The summed E-state index contributed by atoms with van der Waals surface area (Å²) in [5, 5.41) is 5.80. The number of halogens is 2. The minimum Gasteiger partial charge on any atom is -0.347 e. The fraction of sp³-hybridized carbons (Fsp3) is 0.471. The van der Waals surface area contributed by atoms with Crippen LogP contribution in [0.2, 0.25) is 10.0 Å². The number of hydrogen-bond donors (Lipinski definition) is 2. The van der Waals surface area contributed by atoms with Gasteiger partial charge in [0.2, 0.25) is 17.7 Å². The Hall–Kier alpha value is -1.79. The highest BCUT2D eigenvalue weighted by Crippen LogP contribution is 2.29. The minimum atomic E-state index is -0.588. The summed E-state index contributed by atoms with van der Waals surface area (Å²) in [5.41, 5.74) is -0.282. The number of nitrogens with zero attached hydrogens (tertiary/aromatic N) is 1. The number of benzene rings is 1. The van der Waals surface area contributed by atoms with Crippen molar-refractivity contribution in [3.05, 3.63) is 28.2 Å². The van der Waals surface area contributed by atoms with Crippen molar-refractivity contribution >= 4 is 46.6 Å². The first-order valence-corrected chi connectivity index (χ1v) is 8.61. The third kappa shape index (κ3) is 6.55. The lowest BCUT2D eigenvalue weighted by Crippen LogP contribution is -2.45. The number of hydrogen-bond acceptors (Lipinski definition) is 3. The van der Waals surface area contributed by atoms with Crippen LogP contribution in [0.5, 0.6) is 0 Å². The van der Waals surface area contributed by atoms with Crippen LogP contribution in [0.3, 0.4) is 0 Å². The molecule has 1 rings (SSSR count). The normalized spacial score (nSPS) is 11.0. The van der Waals surface area contributed by atoms with Gasteiger partial charge in [0.15, 0.2) is 0 Å². The van der Waals surface area contributed by atoms with Crippen LogP contribution < -0.4 is 10.6 Å². The SMILES string of the molecule is CCN(CC(=O)Nc1c(Cl)cccc1Cl)C(=O)CNC(=O)C(C)(C)C. The topological polar surface area (TPSA) is 78.5 Å². The number of likely N-dealkylation sites (N-methyl/N-ethyl adjacent to an activating group) is 1. The van der Waals surface area contributed by atoms with Crippen molar-refractivity contribution in [1.29, 1.82) is 0 Å². The molecule has 138 valence electrons. The Kier molecular flexibility index (Phi) is 7.70. The Morgan fingerprint density at radius 1 is 1.12 bits per heavy atom. The van der Waals surface area contributed by atoms with E-state index in [1.165, 1.54) is 4.90 Å². The summed E-state index contributed by atoms with van der Waals surface area (Å²) in [6.07, 6.45) is 0. The second-order valence-electron chi connectivity index (χ2n) is 6.49. The Morgan fingerprint density at radius 3 is 2.16 bits per heavy atom. The number of para-hydroxylation sites is 1. The molecule has 3 amide bonds. The average Bonchev–Trinajstić information content (AvgIpc) is 2.52. The lowest BCUT2D eigenvalue weighted by Gasteiger charge is -2.22. The molecule has 0 aromatic heterocycles. The minimum absolute atomic E-state index is 0.163. The van der Waals surface area contributed by atoms with E-state index in [1.807, 2.05) is 0 Å². The molecule has 0 aliphatic rings. The molecule has 25 heavy (non-hydrogen) atoms. The van der Waals surface area contributed by atoms with Crippen molar-refractivity contribution in [2.24, 2.45) is 5.41 Å². The molecule has 0 aliphatic carbocycles. The third-order valence-corrected chi connectivity index (χ3v) is 4.01. The van der Waals surface area contributed by atoms with Crippen LogP contribution in [0.25, 0.3) is 0 Å². The van der Waals surface area contributed by atoms with Crippen LogP contribution >= 0.6 is 23.2 Å². The number of carbonyl (C=O) groups is 3. The molecule has 0 heterocycles. The molecular weight excluding hydrogens is 365 g/mol. The van der Waals surface area contributed by atoms with Gasteiger partial charge in [-0.05, 0) is 19.1 Å². The Balaban J connectivity index is 2.64. The largest absolute Gasteiger partial charge is 0.347 e. The Labute approximate surface area is 157 Å². The molecule has 0 saturated carbocycles. The summed E-state index contributed by atoms with van der Waals surface area (Å²) in [6.45, 7) is 7.01. The zero-order valence-corrected chi connectivity index (χ0v) is 16.3. The fourth-order valence-corrected chi connectivity index (χ4v) is 2.37. The molecule has 1 aromatic carbocycles. The van der Waals surface area contributed by atoms with Gasteiger partial charge in [-0.15, -0.1) is 0 Å². The van der Waals surface area contributed by atoms with E-state index in [2.05, 4.69) is 10.6 Å². The molecule has 0 radical (unpaired) electrons. The van der Waals surface area contributed by atoms with Gasteiger partial charge in [0.05, 0.1) is 28.8 Å². The van der Waals surface area contributed by atoms with Gasteiger partial charge in [-0.25, -0.2) is 0 Å². The zero-order chi connectivity index (χ0) is 19.2. The molecule has 8 heteroatoms. The van der Waals surface area contributed by atoms with Crippen LogP contribution in [0.1, 0.15) is 27.7 Å². The summed E-state index contributed by atoms with van der Waals surface area (Å²) in [7, 11) is 0. The van der Waals surface area contributed by atoms with Crippen molar-refractivity contribution in [2.45, 2.75) is 27.7 Å². The van der Waals surface area contributed by atoms with Gasteiger partial charge in [-0.3, -0.25) is 14.4 Å². The van der Waals surface area contributed by atoms with Gasteiger partial charge >= 0.3 is 0 Å².